The highest BCUT2D eigenvalue weighted by atomic mass is 19.4. The number of halogens is 3. The number of carbonyl (C=O) groups excluding carboxylic acids is 1. The zero-order valence-corrected chi connectivity index (χ0v) is 12.0. The fraction of sp³-hybridized carbons (Fsp3) is 0.333. The molecule has 0 aliphatic rings. The third kappa shape index (κ3) is 4.34. The minimum Gasteiger partial charge on any atom is -0.341 e. The van der Waals surface area contributed by atoms with E-state index in [2.05, 4.69) is 10.4 Å². The van der Waals surface area contributed by atoms with Gasteiger partial charge in [0, 0.05) is 25.4 Å². The fourth-order valence-corrected chi connectivity index (χ4v) is 2.09. The summed E-state index contributed by atoms with van der Waals surface area (Å²) >= 11 is 0. The molecule has 1 unspecified atom stereocenters. The van der Waals surface area contributed by atoms with Gasteiger partial charge in [-0.15, -0.1) is 0 Å². The van der Waals surface area contributed by atoms with Crippen LogP contribution in [-0.2, 0) is 11.3 Å². The summed E-state index contributed by atoms with van der Waals surface area (Å²) in [6.07, 6.45) is -1.42. The Bertz CT molecular complexity index is 623. The molecule has 1 aromatic heterocycles. The smallest absolute Gasteiger partial charge is 0.341 e. The first-order valence-electron chi connectivity index (χ1n) is 6.76. The van der Waals surface area contributed by atoms with Crippen LogP contribution in [0.15, 0.2) is 42.7 Å². The Hall–Kier alpha value is -2.31. The van der Waals surface area contributed by atoms with Crippen LogP contribution in [0, 0.1) is 6.92 Å². The fourth-order valence-electron chi connectivity index (χ4n) is 2.09. The third-order valence-electron chi connectivity index (χ3n) is 3.14. The van der Waals surface area contributed by atoms with Crippen molar-refractivity contribution >= 4 is 5.91 Å². The van der Waals surface area contributed by atoms with Gasteiger partial charge in [-0.3, -0.25) is 9.48 Å². The van der Waals surface area contributed by atoms with Gasteiger partial charge in [0.15, 0.2) is 6.04 Å². The van der Waals surface area contributed by atoms with Crippen molar-refractivity contribution in [1.82, 2.24) is 15.1 Å². The molecule has 1 amide bonds. The molecule has 0 spiro atoms. The second kappa shape index (κ2) is 6.64. The average Bonchev–Trinajstić information content (AvgIpc) is 2.94. The normalized spacial score (nSPS) is 12.9. The summed E-state index contributed by atoms with van der Waals surface area (Å²) in [6, 6.07) is 5.71. The van der Waals surface area contributed by atoms with Crippen LogP contribution in [0.25, 0.3) is 0 Å². The first-order valence-corrected chi connectivity index (χ1v) is 6.76. The van der Waals surface area contributed by atoms with E-state index in [0.29, 0.717) is 5.56 Å². The highest BCUT2D eigenvalue weighted by molar-refractivity contribution is 5.76. The summed E-state index contributed by atoms with van der Waals surface area (Å²) in [5, 5.41) is 5.96. The Morgan fingerprint density at radius 1 is 1.36 bits per heavy atom. The van der Waals surface area contributed by atoms with E-state index >= 15 is 0 Å². The molecule has 0 bridgehead atoms. The number of aryl methyl sites for hydroxylation is 2. The number of hydrogen-bond acceptors (Lipinski definition) is 2. The van der Waals surface area contributed by atoms with E-state index in [1.165, 1.54) is 16.8 Å². The highest BCUT2D eigenvalue weighted by Gasteiger charge is 2.41. The molecule has 0 aliphatic heterocycles. The monoisotopic (exact) mass is 311 g/mol. The van der Waals surface area contributed by atoms with Crippen molar-refractivity contribution in [2.24, 2.45) is 0 Å². The summed E-state index contributed by atoms with van der Waals surface area (Å²) in [4.78, 5) is 11.8. The van der Waals surface area contributed by atoms with E-state index < -0.39 is 18.1 Å². The molecule has 1 N–H and O–H groups in total. The maximum absolute atomic E-state index is 13.2. The number of amides is 1. The first kappa shape index (κ1) is 16.1. The topological polar surface area (TPSA) is 46.9 Å². The van der Waals surface area contributed by atoms with Gasteiger partial charge >= 0.3 is 6.18 Å². The molecule has 1 aromatic carbocycles. The van der Waals surface area contributed by atoms with Crippen LogP contribution in [0.3, 0.4) is 0 Å². The first-order chi connectivity index (χ1) is 10.4. The standard InChI is InChI=1S/C15H16F3N3O/c1-11-4-2-5-12(10-11)14(15(16,17)18)20-13(22)6-9-21-8-3-7-19-21/h2-5,7-8,10,14H,6,9H2,1H3,(H,20,22). The lowest BCUT2D eigenvalue weighted by molar-refractivity contribution is -0.163. The Morgan fingerprint density at radius 2 is 2.14 bits per heavy atom. The summed E-state index contributed by atoms with van der Waals surface area (Å²) in [6.45, 7) is 1.94. The molecule has 0 aliphatic carbocycles. The van der Waals surface area contributed by atoms with Gasteiger partial charge < -0.3 is 5.32 Å². The maximum atomic E-state index is 13.2. The van der Waals surface area contributed by atoms with Crippen LogP contribution >= 0.6 is 0 Å². The lowest BCUT2D eigenvalue weighted by Gasteiger charge is -2.22. The largest absolute Gasteiger partial charge is 0.412 e. The van der Waals surface area contributed by atoms with Gasteiger partial charge in [0.25, 0.3) is 0 Å². The molecule has 118 valence electrons. The van der Waals surface area contributed by atoms with Crippen molar-refractivity contribution in [1.29, 1.82) is 0 Å². The molecule has 0 saturated carbocycles. The Labute approximate surface area is 125 Å². The van der Waals surface area contributed by atoms with Crippen molar-refractivity contribution in [3.63, 3.8) is 0 Å². The lowest BCUT2D eigenvalue weighted by atomic mass is 10.0. The van der Waals surface area contributed by atoms with E-state index in [4.69, 9.17) is 0 Å². The third-order valence-corrected chi connectivity index (χ3v) is 3.14. The van der Waals surface area contributed by atoms with Crippen LogP contribution in [0.5, 0.6) is 0 Å². The Morgan fingerprint density at radius 3 is 2.73 bits per heavy atom. The second-order valence-corrected chi connectivity index (χ2v) is 4.98. The number of nitrogens with zero attached hydrogens (tertiary/aromatic N) is 2. The van der Waals surface area contributed by atoms with Crippen LogP contribution in [0.4, 0.5) is 13.2 Å². The van der Waals surface area contributed by atoms with Crippen LogP contribution in [0.1, 0.15) is 23.6 Å². The Balaban J connectivity index is 2.05. The van der Waals surface area contributed by atoms with Gasteiger partial charge in [-0.25, -0.2) is 0 Å². The van der Waals surface area contributed by atoms with Crippen molar-refractivity contribution in [2.45, 2.75) is 32.1 Å². The predicted molar refractivity (Wildman–Crippen MR) is 75.0 cm³/mol. The number of carbonyl (C=O) groups is 1. The molecule has 0 radical (unpaired) electrons. The maximum Gasteiger partial charge on any atom is 0.412 e. The van der Waals surface area contributed by atoms with Crippen molar-refractivity contribution in [3.8, 4) is 0 Å². The molecule has 0 fully saturated rings. The van der Waals surface area contributed by atoms with Crippen molar-refractivity contribution in [2.75, 3.05) is 0 Å². The van der Waals surface area contributed by atoms with Gasteiger partial charge in [-0.1, -0.05) is 29.8 Å². The van der Waals surface area contributed by atoms with E-state index in [9.17, 15) is 18.0 Å². The molecule has 1 heterocycles. The van der Waals surface area contributed by atoms with Crippen molar-refractivity contribution in [3.05, 3.63) is 53.9 Å². The van der Waals surface area contributed by atoms with Gasteiger partial charge in [-0.2, -0.15) is 18.3 Å². The molecule has 2 rings (SSSR count). The van der Waals surface area contributed by atoms with E-state index in [1.807, 2.05) is 0 Å². The van der Waals surface area contributed by atoms with Crippen LogP contribution in [-0.4, -0.2) is 21.9 Å². The summed E-state index contributed by atoms with van der Waals surface area (Å²) in [5.41, 5.74) is 0.734. The number of aromatic nitrogens is 2. The average molecular weight is 311 g/mol. The predicted octanol–water partition coefficient (Wildman–Crippen LogP) is 3.00. The lowest BCUT2D eigenvalue weighted by Crippen LogP contribution is -2.38. The number of alkyl halides is 3. The highest BCUT2D eigenvalue weighted by Crippen LogP contribution is 2.33. The molecular formula is C15H16F3N3O. The van der Waals surface area contributed by atoms with Gasteiger partial charge in [-0.05, 0) is 18.6 Å². The van der Waals surface area contributed by atoms with Crippen LogP contribution in [0.2, 0.25) is 0 Å². The number of hydrogen-bond donors (Lipinski definition) is 1. The van der Waals surface area contributed by atoms with Gasteiger partial charge in [0.2, 0.25) is 5.91 Å². The number of benzene rings is 1. The Kier molecular flexibility index (Phi) is 4.85. The van der Waals surface area contributed by atoms with E-state index in [0.717, 1.165) is 0 Å². The van der Waals surface area contributed by atoms with E-state index in [-0.39, 0.29) is 18.5 Å². The van der Waals surface area contributed by atoms with Gasteiger partial charge in [0.1, 0.15) is 0 Å². The zero-order chi connectivity index (χ0) is 16.2. The molecule has 4 nitrogen and oxygen atoms in total. The molecule has 1 atom stereocenters. The summed E-state index contributed by atoms with van der Waals surface area (Å²) in [7, 11) is 0. The zero-order valence-electron chi connectivity index (χ0n) is 12.0. The number of rotatable bonds is 5. The number of nitrogens with one attached hydrogen (secondary N) is 1. The summed E-state index contributed by atoms with van der Waals surface area (Å²) < 4.78 is 41.0. The second-order valence-electron chi connectivity index (χ2n) is 4.98. The molecule has 0 saturated heterocycles. The van der Waals surface area contributed by atoms with Gasteiger partial charge in [0.05, 0.1) is 0 Å². The molecule has 7 heteroatoms. The van der Waals surface area contributed by atoms with E-state index in [1.54, 1.807) is 37.5 Å². The molecular weight excluding hydrogens is 295 g/mol. The minimum atomic E-state index is -4.55. The van der Waals surface area contributed by atoms with Crippen LogP contribution < -0.4 is 5.32 Å². The molecule has 22 heavy (non-hydrogen) atoms. The van der Waals surface area contributed by atoms with Crippen molar-refractivity contribution < 1.29 is 18.0 Å². The molecule has 2 aromatic rings. The minimum absolute atomic E-state index is 0.0277. The SMILES string of the molecule is Cc1cccc(C(NC(=O)CCn2cccn2)C(F)(F)F)c1. The quantitative estimate of drug-likeness (QED) is 0.922. The summed E-state index contributed by atoms with van der Waals surface area (Å²) in [5.74, 6) is -0.667.